The van der Waals surface area contributed by atoms with E-state index in [0.717, 1.165) is 10.6 Å². The zero-order chi connectivity index (χ0) is 12.0. The minimum atomic E-state index is -0.758. The van der Waals surface area contributed by atoms with E-state index < -0.39 is 5.97 Å². The third kappa shape index (κ3) is 4.64. The van der Waals surface area contributed by atoms with Gasteiger partial charge in [-0.1, -0.05) is 29.8 Å². The number of carboxylic acid groups (broad SMARTS) is 1. The minimum absolute atomic E-state index is 0.173. The van der Waals surface area contributed by atoms with Gasteiger partial charge in [0, 0.05) is 24.0 Å². The monoisotopic (exact) mass is 241 g/mol. The lowest BCUT2D eigenvalue weighted by Gasteiger charge is -2.13. The van der Waals surface area contributed by atoms with Gasteiger partial charge in [-0.2, -0.15) is 0 Å². The number of rotatable bonds is 6. The van der Waals surface area contributed by atoms with Crippen molar-refractivity contribution < 1.29 is 9.90 Å². The predicted octanol–water partition coefficient (Wildman–Crippen LogP) is 2.68. The summed E-state index contributed by atoms with van der Waals surface area (Å²) >= 11 is 6.00. The van der Waals surface area contributed by atoms with Gasteiger partial charge in [-0.25, -0.2) is 0 Å². The van der Waals surface area contributed by atoms with Crippen LogP contribution in [-0.4, -0.2) is 17.1 Å². The molecule has 0 saturated carbocycles. The molecular weight excluding hydrogens is 226 g/mol. The summed E-state index contributed by atoms with van der Waals surface area (Å²) in [7, 11) is 0. The third-order valence-electron chi connectivity index (χ3n) is 2.39. The summed E-state index contributed by atoms with van der Waals surface area (Å²) < 4.78 is 0. The average Bonchev–Trinajstić information content (AvgIpc) is 2.25. The molecule has 0 amide bonds. The fourth-order valence-corrected chi connectivity index (χ4v) is 1.57. The van der Waals surface area contributed by atoms with E-state index in [9.17, 15) is 4.79 Å². The van der Waals surface area contributed by atoms with Gasteiger partial charge in [0.1, 0.15) is 0 Å². The quantitative estimate of drug-likeness (QED) is 0.805. The fourth-order valence-electron chi connectivity index (χ4n) is 1.37. The highest BCUT2D eigenvalue weighted by Gasteiger charge is 2.05. The normalized spacial score (nSPS) is 12.4. The summed E-state index contributed by atoms with van der Waals surface area (Å²) in [6.45, 7) is 2.64. The maximum atomic E-state index is 10.4. The van der Waals surface area contributed by atoms with Gasteiger partial charge in [0.15, 0.2) is 0 Å². The molecule has 1 atom stereocenters. The molecule has 0 radical (unpaired) electrons. The molecule has 1 unspecified atom stereocenters. The Morgan fingerprint density at radius 1 is 1.50 bits per heavy atom. The molecule has 0 heterocycles. The van der Waals surface area contributed by atoms with Crippen molar-refractivity contribution in [1.82, 2.24) is 5.32 Å². The zero-order valence-electron chi connectivity index (χ0n) is 9.24. The maximum absolute atomic E-state index is 10.4. The molecule has 0 spiro atoms. The second kappa shape index (κ2) is 6.51. The zero-order valence-corrected chi connectivity index (χ0v) is 10.00. The lowest BCUT2D eigenvalue weighted by molar-refractivity contribution is -0.137. The Bertz CT molecular complexity index is 355. The van der Waals surface area contributed by atoms with Crippen molar-refractivity contribution in [3.63, 3.8) is 0 Å². The number of carboxylic acids is 1. The van der Waals surface area contributed by atoms with Gasteiger partial charge < -0.3 is 10.4 Å². The highest BCUT2D eigenvalue weighted by Crippen LogP contribution is 2.14. The highest BCUT2D eigenvalue weighted by atomic mass is 35.5. The van der Waals surface area contributed by atoms with Crippen molar-refractivity contribution in [2.75, 3.05) is 0 Å². The molecule has 0 aromatic heterocycles. The topological polar surface area (TPSA) is 49.3 Å². The van der Waals surface area contributed by atoms with E-state index >= 15 is 0 Å². The minimum Gasteiger partial charge on any atom is -0.481 e. The van der Waals surface area contributed by atoms with Crippen molar-refractivity contribution in [1.29, 1.82) is 0 Å². The van der Waals surface area contributed by atoms with Crippen LogP contribution in [0.25, 0.3) is 0 Å². The van der Waals surface area contributed by atoms with Crippen LogP contribution in [0.2, 0.25) is 5.02 Å². The first-order valence-corrected chi connectivity index (χ1v) is 5.66. The number of aliphatic carboxylic acids is 1. The largest absolute Gasteiger partial charge is 0.481 e. The second-order valence-corrected chi connectivity index (χ2v) is 4.21. The summed E-state index contributed by atoms with van der Waals surface area (Å²) in [5.41, 5.74) is 1.03. The Hall–Kier alpha value is -1.06. The van der Waals surface area contributed by atoms with Crippen molar-refractivity contribution in [2.45, 2.75) is 32.4 Å². The number of hydrogen-bond donors (Lipinski definition) is 2. The van der Waals surface area contributed by atoms with E-state index in [1.54, 1.807) is 0 Å². The second-order valence-electron chi connectivity index (χ2n) is 3.81. The van der Waals surface area contributed by atoms with Gasteiger partial charge in [-0.15, -0.1) is 0 Å². The molecular formula is C12H16ClNO2. The first kappa shape index (κ1) is 13.0. The summed E-state index contributed by atoms with van der Waals surface area (Å²) in [6.07, 6.45) is 0.816. The SMILES string of the molecule is CC(CCC(=O)O)NCc1ccccc1Cl. The summed E-state index contributed by atoms with van der Waals surface area (Å²) in [6, 6.07) is 7.80. The van der Waals surface area contributed by atoms with E-state index in [0.29, 0.717) is 13.0 Å². The van der Waals surface area contributed by atoms with Crippen molar-refractivity contribution in [3.05, 3.63) is 34.9 Å². The smallest absolute Gasteiger partial charge is 0.303 e. The van der Waals surface area contributed by atoms with Crippen LogP contribution in [0.15, 0.2) is 24.3 Å². The molecule has 1 rings (SSSR count). The molecule has 0 bridgehead atoms. The van der Waals surface area contributed by atoms with Crippen LogP contribution in [-0.2, 0) is 11.3 Å². The fraction of sp³-hybridized carbons (Fsp3) is 0.417. The van der Waals surface area contributed by atoms with E-state index in [4.69, 9.17) is 16.7 Å². The maximum Gasteiger partial charge on any atom is 0.303 e. The lowest BCUT2D eigenvalue weighted by Crippen LogP contribution is -2.26. The molecule has 16 heavy (non-hydrogen) atoms. The van der Waals surface area contributed by atoms with E-state index in [1.165, 1.54) is 0 Å². The van der Waals surface area contributed by atoms with E-state index in [-0.39, 0.29) is 12.5 Å². The Morgan fingerprint density at radius 3 is 2.81 bits per heavy atom. The predicted molar refractivity (Wildman–Crippen MR) is 64.6 cm³/mol. The van der Waals surface area contributed by atoms with Crippen LogP contribution in [0.5, 0.6) is 0 Å². The highest BCUT2D eigenvalue weighted by molar-refractivity contribution is 6.31. The molecule has 2 N–H and O–H groups in total. The molecule has 1 aromatic carbocycles. The standard InChI is InChI=1S/C12H16ClNO2/c1-9(6-7-12(15)16)14-8-10-4-2-3-5-11(10)13/h2-5,9,14H,6-8H2,1H3,(H,15,16). The number of halogens is 1. The Balaban J connectivity index is 2.34. The van der Waals surface area contributed by atoms with Crippen LogP contribution >= 0.6 is 11.6 Å². The van der Waals surface area contributed by atoms with Gasteiger partial charge in [-0.3, -0.25) is 4.79 Å². The third-order valence-corrected chi connectivity index (χ3v) is 2.76. The number of carbonyl (C=O) groups is 1. The van der Waals surface area contributed by atoms with Gasteiger partial charge in [0.25, 0.3) is 0 Å². The first-order valence-electron chi connectivity index (χ1n) is 5.28. The molecule has 1 aromatic rings. The van der Waals surface area contributed by atoms with Crippen molar-refractivity contribution >= 4 is 17.6 Å². The summed E-state index contributed by atoms with van der Waals surface area (Å²) in [5.74, 6) is -0.758. The van der Waals surface area contributed by atoms with Crippen molar-refractivity contribution in [2.24, 2.45) is 0 Å². The van der Waals surface area contributed by atoms with Crippen LogP contribution in [0.4, 0.5) is 0 Å². The summed E-state index contributed by atoms with van der Waals surface area (Å²) in [4.78, 5) is 10.4. The van der Waals surface area contributed by atoms with Crippen LogP contribution in [0.1, 0.15) is 25.3 Å². The van der Waals surface area contributed by atoms with Gasteiger partial charge in [0.05, 0.1) is 0 Å². The van der Waals surface area contributed by atoms with Crippen LogP contribution in [0.3, 0.4) is 0 Å². The molecule has 0 saturated heterocycles. The molecule has 0 aliphatic heterocycles. The molecule has 0 aliphatic rings. The number of benzene rings is 1. The number of hydrogen-bond acceptors (Lipinski definition) is 2. The van der Waals surface area contributed by atoms with E-state index in [2.05, 4.69) is 5.32 Å². The first-order chi connectivity index (χ1) is 7.59. The Morgan fingerprint density at radius 2 is 2.19 bits per heavy atom. The molecule has 0 aliphatic carbocycles. The van der Waals surface area contributed by atoms with Crippen LogP contribution in [0, 0.1) is 0 Å². The molecule has 88 valence electrons. The Kier molecular flexibility index (Phi) is 5.29. The number of nitrogens with one attached hydrogen (secondary N) is 1. The molecule has 3 nitrogen and oxygen atoms in total. The molecule has 4 heteroatoms. The Labute approximate surface area is 100 Å². The van der Waals surface area contributed by atoms with Crippen molar-refractivity contribution in [3.8, 4) is 0 Å². The van der Waals surface area contributed by atoms with Gasteiger partial charge >= 0.3 is 5.97 Å². The van der Waals surface area contributed by atoms with Gasteiger partial charge in [-0.05, 0) is 25.0 Å². The van der Waals surface area contributed by atoms with Crippen LogP contribution < -0.4 is 5.32 Å². The van der Waals surface area contributed by atoms with Gasteiger partial charge in [0.2, 0.25) is 0 Å². The molecule has 0 fully saturated rings. The lowest BCUT2D eigenvalue weighted by atomic mass is 10.1. The van der Waals surface area contributed by atoms with E-state index in [1.807, 2.05) is 31.2 Å². The summed E-state index contributed by atoms with van der Waals surface area (Å²) in [5, 5.41) is 12.5. The average molecular weight is 242 g/mol.